The van der Waals surface area contributed by atoms with Crippen molar-refractivity contribution >= 4 is 17.7 Å². The molecule has 2 aliphatic rings. The average molecular weight is 603 g/mol. The van der Waals surface area contributed by atoms with E-state index in [9.17, 15) is 9.90 Å². The van der Waals surface area contributed by atoms with Crippen molar-refractivity contribution in [2.45, 2.75) is 73.9 Å². The number of hydrogen-bond donors (Lipinski definition) is 2. The first-order valence-corrected chi connectivity index (χ1v) is 16.4. The van der Waals surface area contributed by atoms with Crippen molar-refractivity contribution in [3.05, 3.63) is 101 Å². The van der Waals surface area contributed by atoms with Gasteiger partial charge in [0.2, 0.25) is 0 Å². The molecule has 3 atom stereocenters. The standard InChI is InChI=1S/C36H46N2O4S/c1-27-15-16-30(34(2,3)4)31(25-27)43-32-33(39)42-35(29-13-9-6-10-14-29,18-17-28-11-7-5-8-12-28)26-36(32,40)41-24-23-38-21-19-37-20-22-38/h5-16,25,32,37,40H,17-24,26H2,1-4H3. The minimum Gasteiger partial charge on any atom is -0.453 e. The van der Waals surface area contributed by atoms with Gasteiger partial charge < -0.3 is 19.9 Å². The zero-order chi connectivity index (χ0) is 30.5. The summed E-state index contributed by atoms with van der Waals surface area (Å²) >= 11 is 1.37. The van der Waals surface area contributed by atoms with Crippen LogP contribution >= 0.6 is 11.8 Å². The molecule has 2 aliphatic heterocycles. The number of aliphatic hydroxyl groups is 1. The summed E-state index contributed by atoms with van der Waals surface area (Å²) in [5, 5.41) is 15.0. The van der Waals surface area contributed by atoms with E-state index >= 15 is 0 Å². The second kappa shape index (κ2) is 13.5. The molecule has 2 N–H and O–H groups in total. The Morgan fingerprint density at radius 2 is 1.70 bits per heavy atom. The summed E-state index contributed by atoms with van der Waals surface area (Å²) in [6, 6.07) is 26.4. The van der Waals surface area contributed by atoms with E-state index in [1.54, 1.807) is 0 Å². The van der Waals surface area contributed by atoms with Gasteiger partial charge in [-0.05, 0) is 53.5 Å². The normalized spacial score (nSPS) is 25.0. The minimum absolute atomic E-state index is 0.140. The molecule has 0 saturated carbocycles. The zero-order valence-electron chi connectivity index (χ0n) is 26.0. The Morgan fingerprint density at radius 3 is 2.37 bits per heavy atom. The SMILES string of the molecule is Cc1ccc(C(C)(C)C)c(SC2C(=O)OC(CCc3ccccc3)(c3ccccc3)CC2(O)OCCN2CCNCC2)c1. The number of aryl methyl sites for hydroxylation is 2. The lowest BCUT2D eigenvalue weighted by Gasteiger charge is -2.48. The molecule has 5 rings (SSSR count). The number of carbonyl (C=O) groups excluding carboxylic acids is 1. The summed E-state index contributed by atoms with van der Waals surface area (Å²) < 4.78 is 13.0. The predicted octanol–water partition coefficient (Wildman–Crippen LogP) is 5.84. The van der Waals surface area contributed by atoms with Crippen LogP contribution in [-0.2, 0) is 31.7 Å². The molecule has 7 heteroatoms. The molecule has 43 heavy (non-hydrogen) atoms. The maximum absolute atomic E-state index is 14.2. The van der Waals surface area contributed by atoms with E-state index in [4.69, 9.17) is 9.47 Å². The molecule has 0 aromatic heterocycles. The molecule has 0 radical (unpaired) electrons. The van der Waals surface area contributed by atoms with E-state index in [-0.39, 0.29) is 11.8 Å². The van der Waals surface area contributed by atoms with Gasteiger partial charge in [0.25, 0.3) is 0 Å². The number of piperazine rings is 1. The smallest absolute Gasteiger partial charge is 0.325 e. The van der Waals surface area contributed by atoms with Crippen LogP contribution in [0.2, 0.25) is 0 Å². The number of carbonyl (C=O) groups is 1. The van der Waals surface area contributed by atoms with Crippen molar-refractivity contribution in [1.29, 1.82) is 0 Å². The fourth-order valence-electron chi connectivity index (χ4n) is 6.17. The third-order valence-corrected chi connectivity index (χ3v) is 9.97. The highest BCUT2D eigenvalue weighted by Crippen LogP contribution is 2.50. The highest BCUT2D eigenvalue weighted by atomic mass is 32.2. The first-order valence-electron chi connectivity index (χ1n) is 15.5. The van der Waals surface area contributed by atoms with Crippen molar-refractivity contribution < 1.29 is 19.4 Å². The Kier molecular flexibility index (Phi) is 9.99. The van der Waals surface area contributed by atoms with Crippen molar-refractivity contribution in [2.75, 3.05) is 39.3 Å². The van der Waals surface area contributed by atoms with Gasteiger partial charge in [0.1, 0.15) is 5.60 Å². The molecule has 3 aromatic rings. The molecule has 3 aromatic carbocycles. The van der Waals surface area contributed by atoms with E-state index in [1.807, 2.05) is 48.5 Å². The van der Waals surface area contributed by atoms with E-state index in [0.29, 0.717) is 26.0 Å². The van der Waals surface area contributed by atoms with Crippen LogP contribution in [0.3, 0.4) is 0 Å². The van der Waals surface area contributed by atoms with Crippen LogP contribution < -0.4 is 5.32 Å². The third-order valence-electron chi connectivity index (χ3n) is 8.58. The van der Waals surface area contributed by atoms with Crippen LogP contribution in [0, 0.1) is 6.92 Å². The number of hydrogen-bond acceptors (Lipinski definition) is 7. The van der Waals surface area contributed by atoms with Crippen molar-refractivity contribution in [3.8, 4) is 0 Å². The van der Waals surface area contributed by atoms with Crippen LogP contribution in [0.1, 0.15) is 55.9 Å². The van der Waals surface area contributed by atoms with E-state index in [2.05, 4.69) is 68.2 Å². The number of ether oxygens (including phenoxy) is 2. The number of benzene rings is 3. The molecule has 0 amide bonds. The largest absolute Gasteiger partial charge is 0.453 e. The maximum atomic E-state index is 14.2. The zero-order valence-corrected chi connectivity index (χ0v) is 26.8. The lowest BCUT2D eigenvalue weighted by molar-refractivity contribution is -0.265. The van der Waals surface area contributed by atoms with E-state index in [1.165, 1.54) is 11.8 Å². The van der Waals surface area contributed by atoms with Gasteiger partial charge in [-0.1, -0.05) is 93.6 Å². The summed E-state index contributed by atoms with van der Waals surface area (Å²) in [5.74, 6) is -2.18. The molecule has 0 spiro atoms. The molecule has 2 saturated heterocycles. The van der Waals surface area contributed by atoms with Gasteiger partial charge >= 0.3 is 5.97 Å². The lowest BCUT2D eigenvalue weighted by Crippen LogP contribution is -2.59. The predicted molar refractivity (Wildman–Crippen MR) is 173 cm³/mol. The Hall–Kier alpha value is -2.68. The molecule has 2 fully saturated rings. The van der Waals surface area contributed by atoms with Crippen molar-refractivity contribution in [1.82, 2.24) is 10.2 Å². The maximum Gasteiger partial charge on any atom is 0.325 e. The van der Waals surface area contributed by atoms with Gasteiger partial charge in [-0.3, -0.25) is 9.69 Å². The monoisotopic (exact) mass is 602 g/mol. The summed E-state index contributed by atoms with van der Waals surface area (Å²) in [5.41, 5.74) is 3.08. The second-order valence-corrected chi connectivity index (χ2v) is 14.1. The molecular formula is C36H46N2O4S. The summed E-state index contributed by atoms with van der Waals surface area (Å²) in [6.45, 7) is 13.3. The number of nitrogens with one attached hydrogen (secondary N) is 1. The van der Waals surface area contributed by atoms with E-state index in [0.717, 1.165) is 53.3 Å². The van der Waals surface area contributed by atoms with Gasteiger partial charge in [0.15, 0.2) is 11.0 Å². The highest BCUT2D eigenvalue weighted by molar-refractivity contribution is 8.00. The molecule has 0 aliphatic carbocycles. The van der Waals surface area contributed by atoms with Crippen molar-refractivity contribution in [3.63, 3.8) is 0 Å². The topological polar surface area (TPSA) is 71.0 Å². The van der Waals surface area contributed by atoms with Gasteiger partial charge in [0, 0.05) is 44.0 Å². The van der Waals surface area contributed by atoms with Crippen LogP contribution in [0.25, 0.3) is 0 Å². The fraction of sp³-hybridized carbons (Fsp3) is 0.472. The number of rotatable bonds is 10. The Labute approximate surface area is 261 Å². The van der Waals surface area contributed by atoms with Gasteiger partial charge in [-0.2, -0.15) is 0 Å². The number of thioether (sulfide) groups is 1. The minimum atomic E-state index is -1.74. The molecule has 2 heterocycles. The molecule has 230 valence electrons. The average Bonchev–Trinajstić information content (AvgIpc) is 2.99. The quantitative estimate of drug-likeness (QED) is 0.223. The van der Waals surface area contributed by atoms with Crippen LogP contribution in [0.4, 0.5) is 0 Å². The van der Waals surface area contributed by atoms with Gasteiger partial charge in [-0.25, -0.2) is 0 Å². The molecule has 0 bridgehead atoms. The number of esters is 1. The molecule has 6 nitrogen and oxygen atoms in total. The first-order chi connectivity index (χ1) is 20.6. The summed E-state index contributed by atoms with van der Waals surface area (Å²) in [4.78, 5) is 17.5. The Bertz CT molecular complexity index is 1360. The first kappa shape index (κ1) is 31.7. The fourth-order valence-corrected chi connectivity index (χ4v) is 7.66. The van der Waals surface area contributed by atoms with Crippen LogP contribution in [0.15, 0.2) is 83.8 Å². The number of cyclic esters (lactones) is 1. The lowest BCUT2D eigenvalue weighted by atomic mass is 9.79. The Balaban J connectivity index is 1.50. The summed E-state index contributed by atoms with van der Waals surface area (Å²) in [7, 11) is 0. The summed E-state index contributed by atoms with van der Waals surface area (Å²) in [6.07, 6.45) is 1.38. The number of nitrogens with zero attached hydrogens (tertiary/aromatic N) is 1. The van der Waals surface area contributed by atoms with Gasteiger partial charge in [-0.15, -0.1) is 11.8 Å². The third kappa shape index (κ3) is 7.70. The van der Waals surface area contributed by atoms with E-state index < -0.39 is 22.6 Å². The molecular weight excluding hydrogens is 556 g/mol. The van der Waals surface area contributed by atoms with Crippen molar-refractivity contribution in [2.24, 2.45) is 0 Å². The highest BCUT2D eigenvalue weighted by Gasteiger charge is 2.57. The molecule has 3 unspecified atom stereocenters. The van der Waals surface area contributed by atoms with Crippen LogP contribution in [-0.4, -0.2) is 66.3 Å². The second-order valence-electron chi connectivity index (χ2n) is 13.0. The van der Waals surface area contributed by atoms with Gasteiger partial charge in [0.05, 0.1) is 6.61 Å². The van der Waals surface area contributed by atoms with Crippen LogP contribution in [0.5, 0.6) is 0 Å². The Morgan fingerprint density at radius 1 is 1.02 bits per heavy atom.